The smallest absolute Gasteiger partial charge is 0.234 e. The fourth-order valence-electron chi connectivity index (χ4n) is 2.65. The topological polar surface area (TPSA) is 44.4 Å². The van der Waals surface area contributed by atoms with Crippen LogP contribution in [0, 0.1) is 5.82 Å². The molecule has 21 heavy (non-hydrogen) atoms. The van der Waals surface area contributed by atoms with E-state index in [9.17, 15) is 9.18 Å². The lowest BCUT2D eigenvalue weighted by Gasteiger charge is -2.33. The zero-order valence-electron chi connectivity index (χ0n) is 12.2. The molecule has 1 aliphatic heterocycles. The van der Waals surface area contributed by atoms with E-state index in [0.29, 0.717) is 18.1 Å². The first-order chi connectivity index (χ1) is 10.1. The molecule has 0 radical (unpaired) electrons. The second-order valence-corrected chi connectivity index (χ2v) is 5.82. The Bertz CT molecular complexity index is 498. The molecular formula is C15H21ClFN3O. The molecule has 2 rings (SSSR count). The van der Waals surface area contributed by atoms with Crippen molar-refractivity contribution in [3.05, 3.63) is 34.6 Å². The van der Waals surface area contributed by atoms with E-state index >= 15 is 0 Å². The summed E-state index contributed by atoms with van der Waals surface area (Å²) in [6, 6.07) is 4.66. The van der Waals surface area contributed by atoms with Crippen LogP contribution >= 0.6 is 11.6 Å². The van der Waals surface area contributed by atoms with Crippen molar-refractivity contribution in [2.24, 2.45) is 0 Å². The van der Waals surface area contributed by atoms with Crippen LogP contribution in [-0.2, 0) is 11.3 Å². The van der Waals surface area contributed by atoms with Crippen molar-refractivity contribution in [2.45, 2.75) is 25.4 Å². The number of carbonyl (C=O) groups is 1. The Hall–Kier alpha value is -1.17. The Kier molecular flexibility index (Phi) is 5.96. The zero-order chi connectivity index (χ0) is 15.2. The third kappa shape index (κ3) is 4.95. The number of benzene rings is 1. The predicted octanol–water partition coefficient (Wildman–Crippen LogP) is 1.78. The van der Waals surface area contributed by atoms with Crippen molar-refractivity contribution in [1.82, 2.24) is 15.5 Å². The van der Waals surface area contributed by atoms with Gasteiger partial charge in [0.05, 0.1) is 6.54 Å². The molecule has 2 N–H and O–H groups in total. The van der Waals surface area contributed by atoms with Crippen LogP contribution in [0.4, 0.5) is 4.39 Å². The number of likely N-dealkylation sites (tertiary alicyclic amines) is 1. The number of hydrogen-bond donors (Lipinski definition) is 2. The van der Waals surface area contributed by atoms with Gasteiger partial charge in [-0.05, 0) is 44.1 Å². The largest absolute Gasteiger partial charge is 0.351 e. The number of amides is 1. The molecule has 6 heteroatoms. The molecule has 1 amide bonds. The second kappa shape index (κ2) is 7.73. The summed E-state index contributed by atoms with van der Waals surface area (Å²) in [6.07, 6.45) is 2.02. The van der Waals surface area contributed by atoms with E-state index in [4.69, 9.17) is 11.6 Å². The van der Waals surface area contributed by atoms with Crippen LogP contribution in [0.3, 0.4) is 0 Å². The number of rotatable bonds is 5. The lowest BCUT2D eigenvalue weighted by Crippen LogP contribution is -2.49. The van der Waals surface area contributed by atoms with Crippen LogP contribution in [0.5, 0.6) is 0 Å². The van der Waals surface area contributed by atoms with Crippen molar-refractivity contribution >= 4 is 17.5 Å². The fourth-order valence-corrected chi connectivity index (χ4v) is 2.87. The SMILES string of the molecule is CNCC(=O)NC1CCCN(Cc2ccc(F)cc2Cl)C1. The van der Waals surface area contributed by atoms with Crippen LogP contribution in [0.1, 0.15) is 18.4 Å². The van der Waals surface area contributed by atoms with Gasteiger partial charge in [0.15, 0.2) is 0 Å². The van der Waals surface area contributed by atoms with Crippen LogP contribution in [0.2, 0.25) is 5.02 Å². The summed E-state index contributed by atoms with van der Waals surface area (Å²) in [4.78, 5) is 13.9. The van der Waals surface area contributed by atoms with Gasteiger partial charge in [-0.2, -0.15) is 0 Å². The third-order valence-electron chi connectivity index (χ3n) is 3.62. The quantitative estimate of drug-likeness (QED) is 0.871. The highest BCUT2D eigenvalue weighted by Crippen LogP contribution is 2.21. The lowest BCUT2D eigenvalue weighted by atomic mass is 10.0. The van der Waals surface area contributed by atoms with Gasteiger partial charge in [-0.15, -0.1) is 0 Å². The van der Waals surface area contributed by atoms with E-state index < -0.39 is 0 Å². The minimum Gasteiger partial charge on any atom is -0.351 e. The summed E-state index contributed by atoms with van der Waals surface area (Å²) in [6.45, 7) is 2.77. The summed E-state index contributed by atoms with van der Waals surface area (Å²) in [5.41, 5.74) is 0.917. The highest BCUT2D eigenvalue weighted by Gasteiger charge is 2.21. The van der Waals surface area contributed by atoms with Gasteiger partial charge in [-0.25, -0.2) is 4.39 Å². The number of likely N-dealkylation sites (N-methyl/N-ethyl adjacent to an activating group) is 1. The van der Waals surface area contributed by atoms with Crippen LogP contribution in [-0.4, -0.2) is 43.5 Å². The van der Waals surface area contributed by atoms with Gasteiger partial charge in [0.1, 0.15) is 5.82 Å². The molecule has 0 saturated carbocycles. The minimum atomic E-state index is -0.320. The van der Waals surface area contributed by atoms with Gasteiger partial charge in [0, 0.05) is 24.2 Å². The molecule has 0 spiro atoms. The fraction of sp³-hybridized carbons (Fsp3) is 0.533. The normalized spacial score (nSPS) is 19.5. The highest BCUT2D eigenvalue weighted by molar-refractivity contribution is 6.31. The van der Waals surface area contributed by atoms with Gasteiger partial charge in [0.2, 0.25) is 5.91 Å². The van der Waals surface area contributed by atoms with E-state index in [-0.39, 0.29) is 17.8 Å². The molecule has 1 aromatic carbocycles. The Morgan fingerprint density at radius 1 is 1.52 bits per heavy atom. The number of piperidine rings is 1. The van der Waals surface area contributed by atoms with E-state index in [1.807, 2.05) is 0 Å². The van der Waals surface area contributed by atoms with Gasteiger partial charge < -0.3 is 10.6 Å². The van der Waals surface area contributed by atoms with Crippen molar-refractivity contribution in [3.8, 4) is 0 Å². The molecule has 1 aliphatic rings. The number of nitrogens with zero attached hydrogens (tertiary/aromatic N) is 1. The molecule has 1 unspecified atom stereocenters. The average Bonchev–Trinajstić information content (AvgIpc) is 2.42. The second-order valence-electron chi connectivity index (χ2n) is 5.41. The standard InChI is InChI=1S/C15H21ClFN3O/c1-18-8-15(21)19-13-3-2-6-20(10-13)9-11-4-5-12(17)7-14(11)16/h4-5,7,13,18H,2-3,6,8-10H2,1H3,(H,19,21). The van der Waals surface area contributed by atoms with Gasteiger partial charge in [-0.1, -0.05) is 17.7 Å². The van der Waals surface area contributed by atoms with Gasteiger partial charge >= 0.3 is 0 Å². The van der Waals surface area contributed by atoms with Gasteiger partial charge in [-0.3, -0.25) is 9.69 Å². The maximum Gasteiger partial charge on any atom is 0.234 e. The monoisotopic (exact) mass is 313 g/mol. The summed E-state index contributed by atoms with van der Waals surface area (Å²) in [5.74, 6) is -0.302. The Morgan fingerprint density at radius 3 is 3.05 bits per heavy atom. The third-order valence-corrected chi connectivity index (χ3v) is 3.97. The highest BCUT2D eigenvalue weighted by atomic mass is 35.5. The summed E-state index contributed by atoms with van der Waals surface area (Å²) < 4.78 is 13.1. The minimum absolute atomic E-state index is 0.0177. The van der Waals surface area contributed by atoms with E-state index in [0.717, 1.165) is 31.5 Å². The number of carbonyl (C=O) groups excluding carboxylic acids is 1. The van der Waals surface area contributed by atoms with Crippen molar-refractivity contribution in [3.63, 3.8) is 0 Å². The molecule has 1 saturated heterocycles. The van der Waals surface area contributed by atoms with Crippen LogP contribution in [0.25, 0.3) is 0 Å². The first kappa shape index (κ1) is 16.2. The molecule has 116 valence electrons. The maximum atomic E-state index is 13.1. The number of nitrogens with one attached hydrogen (secondary N) is 2. The molecule has 4 nitrogen and oxygen atoms in total. The van der Waals surface area contributed by atoms with Crippen LogP contribution in [0.15, 0.2) is 18.2 Å². The Balaban J connectivity index is 1.90. The summed E-state index contributed by atoms with van der Waals surface area (Å²) in [7, 11) is 1.75. The van der Waals surface area contributed by atoms with Crippen molar-refractivity contribution < 1.29 is 9.18 Å². The molecule has 0 bridgehead atoms. The molecular weight excluding hydrogens is 293 g/mol. The average molecular weight is 314 g/mol. The molecule has 1 heterocycles. The Morgan fingerprint density at radius 2 is 2.33 bits per heavy atom. The molecule has 0 aliphatic carbocycles. The number of hydrogen-bond acceptors (Lipinski definition) is 3. The first-order valence-electron chi connectivity index (χ1n) is 7.18. The molecule has 1 fully saturated rings. The molecule has 1 atom stereocenters. The summed E-state index contributed by atoms with van der Waals surface area (Å²) in [5, 5.41) is 6.32. The zero-order valence-corrected chi connectivity index (χ0v) is 12.9. The van der Waals surface area contributed by atoms with Crippen LogP contribution < -0.4 is 10.6 Å². The first-order valence-corrected chi connectivity index (χ1v) is 7.56. The predicted molar refractivity (Wildman–Crippen MR) is 81.8 cm³/mol. The van der Waals surface area contributed by atoms with Crippen molar-refractivity contribution in [2.75, 3.05) is 26.7 Å². The summed E-state index contributed by atoms with van der Waals surface area (Å²) >= 11 is 6.07. The van der Waals surface area contributed by atoms with Gasteiger partial charge in [0.25, 0.3) is 0 Å². The van der Waals surface area contributed by atoms with E-state index in [1.54, 1.807) is 13.1 Å². The number of halogens is 2. The molecule has 0 aromatic heterocycles. The lowest BCUT2D eigenvalue weighted by molar-refractivity contribution is -0.121. The van der Waals surface area contributed by atoms with Crippen molar-refractivity contribution in [1.29, 1.82) is 0 Å². The van der Waals surface area contributed by atoms with E-state index in [1.165, 1.54) is 12.1 Å². The maximum absolute atomic E-state index is 13.1. The molecule has 1 aromatic rings. The Labute approximate surface area is 129 Å². The van der Waals surface area contributed by atoms with E-state index in [2.05, 4.69) is 15.5 Å².